The van der Waals surface area contributed by atoms with Gasteiger partial charge in [0.15, 0.2) is 0 Å². The summed E-state index contributed by atoms with van der Waals surface area (Å²) in [5.41, 5.74) is 2.61. The van der Waals surface area contributed by atoms with E-state index in [1.54, 1.807) is 0 Å². The molecule has 1 heteroatoms. The molecule has 0 saturated heterocycles. The average molecular weight is 331 g/mol. The lowest BCUT2D eigenvalue weighted by atomic mass is 9.95. The topological polar surface area (TPSA) is 4.93 Å². The zero-order valence-corrected chi connectivity index (χ0v) is 14.5. The lowest BCUT2D eigenvalue weighted by molar-refractivity contribution is 1.02. The van der Waals surface area contributed by atoms with Gasteiger partial charge in [-0.3, -0.25) is 0 Å². The Morgan fingerprint density at radius 1 is 0.500 bits per heavy atom. The molecule has 6 rings (SSSR count). The van der Waals surface area contributed by atoms with Crippen molar-refractivity contribution < 1.29 is 0 Å². The summed E-state index contributed by atoms with van der Waals surface area (Å²) in [6, 6.07) is 30.9. The Hall–Kier alpha value is -3.32. The highest BCUT2D eigenvalue weighted by Crippen LogP contribution is 2.38. The van der Waals surface area contributed by atoms with E-state index in [0.29, 0.717) is 0 Å². The standard InChI is InChI=1S/C25H17N/c1-26-23-9-5-4-8-20(23)22-15-12-17-11-13-19-18-7-3-2-6-16(18)10-14-21(19)24(17)25(22)26/h2-15H,1H3. The summed E-state index contributed by atoms with van der Waals surface area (Å²) in [4.78, 5) is 0. The Balaban J connectivity index is 1.95. The zero-order valence-electron chi connectivity index (χ0n) is 14.5. The van der Waals surface area contributed by atoms with E-state index in [0.717, 1.165) is 0 Å². The first-order valence-corrected chi connectivity index (χ1v) is 9.03. The molecule has 0 unspecified atom stereocenters. The molecule has 0 aliphatic rings. The summed E-state index contributed by atoms with van der Waals surface area (Å²) in [5, 5.41) is 10.6. The Kier molecular flexibility index (Phi) is 2.60. The maximum Gasteiger partial charge on any atom is 0.0574 e. The molecule has 6 aromatic rings. The molecule has 0 radical (unpaired) electrons. The smallest absolute Gasteiger partial charge is 0.0574 e. The minimum atomic E-state index is 1.28. The van der Waals surface area contributed by atoms with E-state index in [1.165, 1.54) is 54.1 Å². The summed E-state index contributed by atoms with van der Waals surface area (Å²) >= 11 is 0. The fraction of sp³-hybridized carbons (Fsp3) is 0.0400. The van der Waals surface area contributed by atoms with Gasteiger partial charge in [-0.15, -0.1) is 0 Å². The van der Waals surface area contributed by atoms with E-state index in [2.05, 4.69) is 96.5 Å². The van der Waals surface area contributed by atoms with Gasteiger partial charge in [-0.05, 0) is 33.0 Å². The number of aromatic nitrogens is 1. The van der Waals surface area contributed by atoms with Crippen molar-refractivity contribution in [1.29, 1.82) is 0 Å². The number of nitrogens with zero attached hydrogens (tertiary/aromatic N) is 1. The van der Waals surface area contributed by atoms with Crippen LogP contribution < -0.4 is 0 Å². The van der Waals surface area contributed by atoms with Crippen LogP contribution in [-0.4, -0.2) is 4.57 Å². The quantitative estimate of drug-likeness (QED) is 0.270. The van der Waals surface area contributed by atoms with Crippen LogP contribution in [0, 0.1) is 0 Å². The van der Waals surface area contributed by atoms with Crippen LogP contribution in [0.5, 0.6) is 0 Å². The fourth-order valence-corrected chi connectivity index (χ4v) is 4.58. The molecule has 1 aromatic heterocycles. The van der Waals surface area contributed by atoms with Gasteiger partial charge < -0.3 is 4.57 Å². The minimum absolute atomic E-state index is 1.28. The van der Waals surface area contributed by atoms with Crippen LogP contribution >= 0.6 is 0 Å². The third kappa shape index (κ3) is 1.65. The maximum atomic E-state index is 2.35. The zero-order chi connectivity index (χ0) is 17.3. The van der Waals surface area contributed by atoms with Crippen LogP contribution in [-0.2, 0) is 7.05 Å². The highest BCUT2D eigenvalue weighted by atomic mass is 14.9. The van der Waals surface area contributed by atoms with Gasteiger partial charge in [-0.2, -0.15) is 0 Å². The monoisotopic (exact) mass is 331 g/mol. The van der Waals surface area contributed by atoms with Gasteiger partial charge in [0, 0.05) is 28.7 Å². The first-order valence-electron chi connectivity index (χ1n) is 9.03. The molecule has 0 N–H and O–H groups in total. The lowest BCUT2D eigenvalue weighted by Crippen LogP contribution is -1.89. The predicted octanol–water partition coefficient (Wildman–Crippen LogP) is 6.79. The molecule has 0 atom stereocenters. The lowest BCUT2D eigenvalue weighted by Gasteiger charge is -2.10. The molecule has 0 amide bonds. The molecule has 5 aromatic carbocycles. The van der Waals surface area contributed by atoms with Crippen molar-refractivity contribution >= 4 is 54.1 Å². The Bertz CT molecular complexity index is 1480. The minimum Gasteiger partial charge on any atom is -0.343 e. The van der Waals surface area contributed by atoms with Crippen LogP contribution in [0.2, 0.25) is 0 Å². The first kappa shape index (κ1) is 13.9. The van der Waals surface area contributed by atoms with Gasteiger partial charge >= 0.3 is 0 Å². The van der Waals surface area contributed by atoms with Crippen molar-refractivity contribution in [2.75, 3.05) is 0 Å². The van der Waals surface area contributed by atoms with Crippen LogP contribution in [0.1, 0.15) is 0 Å². The summed E-state index contributed by atoms with van der Waals surface area (Å²) in [5.74, 6) is 0. The molecule has 0 aliphatic carbocycles. The number of para-hydroxylation sites is 1. The molecule has 0 fully saturated rings. The second-order valence-corrected chi connectivity index (χ2v) is 7.08. The van der Waals surface area contributed by atoms with Crippen LogP contribution in [0.3, 0.4) is 0 Å². The van der Waals surface area contributed by atoms with Crippen molar-refractivity contribution in [1.82, 2.24) is 4.57 Å². The molecule has 1 nitrogen and oxygen atoms in total. The van der Waals surface area contributed by atoms with E-state index < -0.39 is 0 Å². The third-order valence-electron chi connectivity index (χ3n) is 5.77. The van der Waals surface area contributed by atoms with E-state index in [-0.39, 0.29) is 0 Å². The highest BCUT2D eigenvalue weighted by Gasteiger charge is 2.13. The Morgan fingerprint density at radius 2 is 1.15 bits per heavy atom. The van der Waals surface area contributed by atoms with Gasteiger partial charge in [0.25, 0.3) is 0 Å². The van der Waals surface area contributed by atoms with Gasteiger partial charge in [-0.1, -0.05) is 78.9 Å². The Labute approximate surface area is 151 Å². The summed E-state index contributed by atoms with van der Waals surface area (Å²) in [7, 11) is 2.18. The molecular weight excluding hydrogens is 314 g/mol. The number of hydrogen-bond donors (Lipinski definition) is 0. The van der Waals surface area contributed by atoms with Crippen molar-refractivity contribution in [3.63, 3.8) is 0 Å². The molecular formula is C25H17N. The molecule has 0 saturated carbocycles. The summed E-state index contributed by atoms with van der Waals surface area (Å²) in [6.07, 6.45) is 0. The Morgan fingerprint density at radius 3 is 2.04 bits per heavy atom. The van der Waals surface area contributed by atoms with Crippen molar-refractivity contribution in [3.05, 3.63) is 84.9 Å². The third-order valence-corrected chi connectivity index (χ3v) is 5.77. The van der Waals surface area contributed by atoms with Gasteiger partial charge in [0.05, 0.1) is 5.52 Å². The normalized spacial score (nSPS) is 12.0. The second-order valence-electron chi connectivity index (χ2n) is 7.08. The van der Waals surface area contributed by atoms with Crippen LogP contribution in [0.4, 0.5) is 0 Å². The largest absolute Gasteiger partial charge is 0.343 e. The van der Waals surface area contributed by atoms with Gasteiger partial charge in [-0.25, -0.2) is 0 Å². The summed E-state index contributed by atoms with van der Waals surface area (Å²) in [6.45, 7) is 0. The molecule has 122 valence electrons. The van der Waals surface area contributed by atoms with E-state index in [1.807, 2.05) is 0 Å². The number of benzene rings is 5. The summed E-state index contributed by atoms with van der Waals surface area (Å²) < 4.78 is 2.35. The fourth-order valence-electron chi connectivity index (χ4n) is 4.58. The average Bonchev–Trinajstić information content (AvgIpc) is 3.00. The van der Waals surface area contributed by atoms with Gasteiger partial charge in [0.2, 0.25) is 0 Å². The van der Waals surface area contributed by atoms with Crippen molar-refractivity contribution in [2.24, 2.45) is 7.05 Å². The molecule has 1 heterocycles. The predicted molar refractivity (Wildman–Crippen MR) is 113 cm³/mol. The first-order chi connectivity index (χ1) is 12.8. The number of fused-ring (bicyclic) bond motifs is 9. The number of rotatable bonds is 0. The van der Waals surface area contributed by atoms with Crippen LogP contribution in [0.15, 0.2) is 84.9 Å². The van der Waals surface area contributed by atoms with E-state index >= 15 is 0 Å². The van der Waals surface area contributed by atoms with Gasteiger partial charge in [0.1, 0.15) is 0 Å². The van der Waals surface area contributed by atoms with Crippen molar-refractivity contribution in [2.45, 2.75) is 0 Å². The molecule has 0 bridgehead atoms. The maximum absolute atomic E-state index is 2.35. The molecule has 0 spiro atoms. The number of aryl methyl sites for hydroxylation is 1. The molecule has 26 heavy (non-hydrogen) atoms. The van der Waals surface area contributed by atoms with Crippen molar-refractivity contribution in [3.8, 4) is 0 Å². The van der Waals surface area contributed by atoms with E-state index in [9.17, 15) is 0 Å². The highest BCUT2D eigenvalue weighted by molar-refractivity contribution is 6.27. The second kappa shape index (κ2) is 4.86. The van der Waals surface area contributed by atoms with Crippen LogP contribution in [0.25, 0.3) is 54.1 Å². The molecule has 0 aliphatic heterocycles. The SMILES string of the molecule is Cn1c2ccccc2c2ccc3ccc4c5ccccc5ccc4c3c21. The number of hydrogen-bond acceptors (Lipinski definition) is 0. The van der Waals surface area contributed by atoms with E-state index in [4.69, 9.17) is 0 Å².